The van der Waals surface area contributed by atoms with Crippen molar-refractivity contribution in [3.05, 3.63) is 0 Å². The molecule has 2 unspecified atom stereocenters. The average Bonchev–Trinajstić information content (AvgIpc) is 3.27. The van der Waals surface area contributed by atoms with Gasteiger partial charge in [-0.1, -0.05) is 245 Å². The average molecular weight is 886 g/mol. The topological polar surface area (TPSA) is 169 Å². The van der Waals surface area contributed by atoms with Crippen LogP contribution in [-0.2, 0) is 14.3 Å². The summed E-state index contributed by atoms with van der Waals surface area (Å²) < 4.78 is 11.2. The van der Waals surface area contributed by atoms with E-state index >= 15 is 0 Å². The van der Waals surface area contributed by atoms with Gasteiger partial charge in [-0.25, -0.2) is 0 Å². The van der Waals surface area contributed by atoms with Crippen molar-refractivity contribution in [3.63, 3.8) is 0 Å². The predicted octanol–water partition coefficient (Wildman–Crippen LogP) is 11.3. The van der Waals surface area contributed by atoms with Crippen molar-refractivity contribution in [1.82, 2.24) is 5.32 Å². The Hall–Kier alpha value is -0.850. The summed E-state index contributed by atoms with van der Waals surface area (Å²) in [6, 6.07) is -0.985. The molecule has 1 fully saturated rings. The van der Waals surface area contributed by atoms with E-state index in [1.165, 1.54) is 199 Å². The molecule has 1 saturated heterocycles. The number of amides is 1. The zero-order chi connectivity index (χ0) is 45.3. The van der Waals surface area contributed by atoms with Gasteiger partial charge in [0.05, 0.1) is 25.4 Å². The predicted molar refractivity (Wildman–Crippen MR) is 255 cm³/mol. The third-order valence-electron chi connectivity index (χ3n) is 13.3. The summed E-state index contributed by atoms with van der Waals surface area (Å²) in [5, 5.41) is 65.4. The Kier molecular flexibility index (Phi) is 40.8. The quantitative estimate of drug-likeness (QED) is 0.0294. The molecule has 7 N–H and O–H groups in total. The highest BCUT2D eigenvalue weighted by molar-refractivity contribution is 5.76. The van der Waals surface area contributed by atoms with Gasteiger partial charge in [-0.3, -0.25) is 4.79 Å². The second kappa shape index (κ2) is 42.8. The van der Waals surface area contributed by atoms with Crippen molar-refractivity contribution in [1.29, 1.82) is 0 Å². The van der Waals surface area contributed by atoms with E-state index in [9.17, 15) is 35.4 Å². The molecule has 370 valence electrons. The van der Waals surface area contributed by atoms with Crippen LogP contribution in [0.15, 0.2) is 0 Å². The van der Waals surface area contributed by atoms with E-state index in [-0.39, 0.29) is 18.9 Å². The van der Waals surface area contributed by atoms with Gasteiger partial charge in [0.2, 0.25) is 5.91 Å². The molecule has 0 aromatic rings. The lowest BCUT2D eigenvalue weighted by atomic mass is 9.98. The van der Waals surface area contributed by atoms with E-state index < -0.39 is 55.6 Å². The molecule has 1 rings (SSSR count). The smallest absolute Gasteiger partial charge is 0.220 e. The number of ether oxygens (including phenoxy) is 2. The minimum absolute atomic E-state index is 0.251. The Balaban J connectivity index is 2.26. The Labute approximate surface area is 381 Å². The van der Waals surface area contributed by atoms with Crippen molar-refractivity contribution in [2.75, 3.05) is 13.2 Å². The van der Waals surface area contributed by atoms with Gasteiger partial charge in [-0.05, 0) is 12.8 Å². The maximum atomic E-state index is 13.1. The van der Waals surface area contributed by atoms with Gasteiger partial charge in [0.15, 0.2) is 6.29 Å². The summed E-state index contributed by atoms with van der Waals surface area (Å²) in [6.45, 7) is 3.64. The first-order chi connectivity index (χ1) is 30.3. The molecule has 0 aromatic carbocycles. The van der Waals surface area contributed by atoms with E-state index in [1.807, 2.05) is 0 Å². The molecule has 0 saturated carbocycles. The van der Waals surface area contributed by atoms with E-state index in [0.29, 0.717) is 6.42 Å². The van der Waals surface area contributed by atoms with Gasteiger partial charge in [-0.2, -0.15) is 0 Å². The second-order valence-electron chi connectivity index (χ2n) is 19.2. The number of hydrogen-bond donors (Lipinski definition) is 7. The summed E-state index contributed by atoms with van der Waals surface area (Å²) >= 11 is 0. The fraction of sp³-hybridized carbons (Fsp3) is 0.981. The molecule has 0 radical (unpaired) electrons. The Morgan fingerprint density at radius 1 is 0.500 bits per heavy atom. The van der Waals surface area contributed by atoms with Gasteiger partial charge in [0.1, 0.15) is 30.5 Å². The zero-order valence-corrected chi connectivity index (χ0v) is 40.5. The molecule has 10 nitrogen and oxygen atoms in total. The molecule has 1 amide bonds. The highest BCUT2D eigenvalue weighted by Gasteiger charge is 2.44. The Morgan fingerprint density at radius 2 is 0.839 bits per heavy atom. The number of rotatable bonds is 46. The van der Waals surface area contributed by atoms with Crippen LogP contribution in [0.1, 0.15) is 264 Å². The number of carbonyl (C=O) groups excluding carboxylic acids is 1. The van der Waals surface area contributed by atoms with E-state index in [2.05, 4.69) is 19.2 Å². The number of aliphatic hydroxyl groups excluding tert-OH is 6. The van der Waals surface area contributed by atoms with Gasteiger partial charge in [-0.15, -0.1) is 0 Å². The second-order valence-corrected chi connectivity index (χ2v) is 19.2. The molecular formula is C52H103NO9. The Morgan fingerprint density at radius 3 is 1.19 bits per heavy atom. The van der Waals surface area contributed by atoms with E-state index in [4.69, 9.17) is 9.47 Å². The summed E-state index contributed by atoms with van der Waals surface area (Å²) in [4.78, 5) is 13.1. The van der Waals surface area contributed by atoms with Crippen molar-refractivity contribution in [2.24, 2.45) is 0 Å². The van der Waals surface area contributed by atoms with Crippen LogP contribution >= 0.6 is 0 Å². The van der Waals surface area contributed by atoms with Gasteiger partial charge in [0.25, 0.3) is 0 Å². The standard InChI is InChI=1S/C52H103NO9/c1-3-5-7-9-11-13-15-17-19-20-21-22-23-24-25-26-27-29-31-33-35-37-39-41-47(56)53-44(43-61-52-51(60)50(59)49(58)46(42-54)62-52)48(57)45(55)40-38-36-34-32-30-28-18-16-14-12-10-8-6-4-2/h44-46,48-52,54-55,57-60H,3-43H2,1-2H3,(H,53,56)/t44-,45+,46+,48-,49+,50?,51?,52+/m0/s1. The molecule has 1 aliphatic heterocycles. The highest BCUT2D eigenvalue weighted by Crippen LogP contribution is 2.23. The Bertz CT molecular complexity index is 957. The van der Waals surface area contributed by atoms with Gasteiger partial charge < -0.3 is 45.4 Å². The van der Waals surface area contributed by atoms with Crippen LogP contribution in [0, 0.1) is 0 Å². The SMILES string of the molecule is CCCCCCCCCCCCCCCCCCCCCCCCCC(=O)N[C@@H](CO[C@@H]1O[C@H](CO)[C@@H](O)C(O)C1O)[C@H](O)[C@H](O)CCCCCCCCCCCCCCCC. The summed E-state index contributed by atoms with van der Waals surface area (Å²) in [6.07, 6.45) is 38.3. The minimum Gasteiger partial charge on any atom is -0.394 e. The van der Waals surface area contributed by atoms with Crippen LogP contribution in [0.5, 0.6) is 0 Å². The third kappa shape index (κ3) is 31.9. The summed E-state index contributed by atoms with van der Waals surface area (Å²) in [5.41, 5.74) is 0. The highest BCUT2D eigenvalue weighted by atomic mass is 16.7. The van der Waals surface area contributed by atoms with Crippen molar-refractivity contribution in [2.45, 2.75) is 313 Å². The summed E-state index contributed by atoms with van der Waals surface area (Å²) in [7, 11) is 0. The maximum Gasteiger partial charge on any atom is 0.220 e. The van der Waals surface area contributed by atoms with Crippen LogP contribution in [0.25, 0.3) is 0 Å². The summed E-state index contributed by atoms with van der Waals surface area (Å²) in [5.74, 6) is -0.251. The first kappa shape index (κ1) is 59.2. The molecule has 1 aliphatic rings. The molecule has 0 aromatic heterocycles. The molecule has 10 heteroatoms. The molecule has 62 heavy (non-hydrogen) atoms. The lowest BCUT2D eigenvalue weighted by Gasteiger charge is -2.40. The van der Waals surface area contributed by atoms with Crippen LogP contribution in [-0.4, -0.2) is 98.7 Å². The van der Waals surface area contributed by atoms with Crippen molar-refractivity contribution < 1.29 is 44.9 Å². The molecular weight excluding hydrogens is 783 g/mol. The first-order valence-corrected chi connectivity index (χ1v) is 26.8. The number of nitrogens with one attached hydrogen (secondary N) is 1. The number of hydrogen-bond acceptors (Lipinski definition) is 9. The van der Waals surface area contributed by atoms with Gasteiger partial charge >= 0.3 is 0 Å². The molecule has 0 spiro atoms. The number of unbranched alkanes of at least 4 members (excludes halogenated alkanes) is 35. The van der Waals surface area contributed by atoms with Gasteiger partial charge in [0, 0.05) is 6.42 Å². The van der Waals surface area contributed by atoms with Crippen LogP contribution in [0.4, 0.5) is 0 Å². The van der Waals surface area contributed by atoms with E-state index in [1.54, 1.807) is 0 Å². The molecule has 0 bridgehead atoms. The normalized spacial score (nSPS) is 20.7. The van der Waals surface area contributed by atoms with Crippen molar-refractivity contribution >= 4 is 5.91 Å². The fourth-order valence-electron chi connectivity index (χ4n) is 8.97. The lowest BCUT2D eigenvalue weighted by Crippen LogP contribution is -2.60. The molecule has 1 heterocycles. The molecule has 0 aliphatic carbocycles. The first-order valence-electron chi connectivity index (χ1n) is 26.8. The fourth-order valence-corrected chi connectivity index (χ4v) is 8.97. The number of aliphatic hydroxyl groups is 6. The van der Waals surface area contributed by atoms with E-state index in [0.717, 1.165) is 38.5 Å². The van der Waals surface area contributed by atoms with Crippen LogP contribution < -0.4 is 5.32 Å². The largest absolute Gasteiger partial charge is 0.394 e. The minimum atomic E-state index is -1.60. The van der Waals surface area contributed by atoms with Crippen LogP contribution in [0.3, 0.4) is 0 Å². The maximum absolute atomic E-state index is 13.1. The van der Waals surface area contributed by atoms with Crippen molar-refractivity contribution in [3.8, 4) is 0 Å². The monoisotopic (exact) mass is 886 g/mol. The lowest BCUT2D eigenvalue weighted by molar-refractivity contribution is -0.303. The number of carbonyl (C=O) groups is 1. The zero-order valence-electron chi connectivity index (χ0n) is 40.5. The third-order valence-corrected chi connectivity index (χ3v) is 13.3. The van der Waals surface area contributed by atoms with Crippen LogP contribution in [0.2, 0.25) is 0 Å². The molecule has 8 atom stereocenters.